The number of benzene rings is 3. The lowest BCUT2D eigenvalue weighted by molar-refractivity contribution is 0.575. The fourth-order valence-electron chi connectivity index (χ4n) is 3.38. The first-order valence-corrected chi connectivity index (χ1v) is 8.97. The van der Waals surface area contributed by atoms with Crippen molar-refractivity contribution in [3.05, 3.63) is 89.6 Å². The van der Waals surface area contributed by atoms with Crippen molar-refractivity contribution in [1.82, 2.24) is 14.8 Å². The maximum atomic E-state index is 14.6. The molecule has 0 bridgehead atoms. The Bertz CT molecular complexity index is 1340. The summed E-state index contributed by atoms with van der Waals surface area (Å²) in [5, 5.41) is 6.88. The number of para-hydroxylation sites is 1. The highest BCUT2D eigenvalue weighted by atomic mass is 35.5. The molecule has 0 aliphatic heterocycles. The number of hydrogen-bond donors (Lipinski definition) is 0. The number of fused-ring (bicyclic) bond motifs is 3. The van der Waals surface area contributed by atoms with Crippen molar-refractivity contribution in [2.45, 2.75) is 0 Å². The van der Waals surface area contributed by atoms with E-state index >= 15 is 0 Å². The van der Waals surface area contributed by atoms with Gasteiger partial charge in [0.1, 0.15) is 17.2 Å². The fraction of sp³-hybridized carbons (Fsp3) is 0. The Morgan fingerprint density at radius 1 is 0.857 bits per heavy atom. The van der Waals surface area contributed by atoms with Gasteiger partial charge >= 0.3 is 0 Å². The summed E-state index contributed by atoms with van der Waals surface area (Å²) in [6.07, 6.45) is 1.73. The van der Waals surface area contributed by atoms with Gasteiger partial charge in [-0.2, -0.15) is 5.10 Å². The average Bonchev–Trinajstić information content (AvgIpc) is 3.08. The third-order valence-electron chi connectivity index (χ3n) is 4.67. The minimum Gasteiger partial charge on any atom is -0.255 e. The number of halogens is 3. The Kier molecular flexibility index (Phi) is 3.84. The van der Waals surface area contributed by atoms with Crippen LogP contribution in [0, 0.1) is 11.6 Å². The van der Waals surface area contributed by atoms with Crippen molar-refractivity contribution in [3.63, 3.8) is 0 Å². The van der Waals surface area contributed by atoms with Crippen molar-refractivity contribution in [1.29, 1.82) is 0 Å². The molecular weight excluding hydrogens is 380 g/mol. The normalized spacial score (nSPS) is 11.4. The van der Waals surface area contributed by atoms with Gasteiger partial charge in [0.25, 0.3) is 0 Å². The van der Waals surface area contributed by atoms with Crippen molar-refractivity contribution in [3.8, 4) is 16.9 Å². The van der Waals surface area contributed by atoms with E-state index in [1.807, 2.05) is 36.4 Å². The van der Waals surface area contributed by atoms with E-state index in [4.69, 9.17) is 11.6 Å². The van der Waals surface area contributed by atoms with Crippen molar-refractivity contribution < 1.29 is 8.78 Å². The summed E-state index contributed by atoms with van der Waals surface area (Å²) in [7, 11) is 0. The Morgan fingerprint density at radius 2 is 1.64 bits per heavy atom. The monoisotopic (exact) mass is 391 g/mol. The maximum absolute atomic E-state index is 14.6. The third-order valence-corrected chi connectivity index (χ3v) is 4.92. The molecule has 0 unspecified atom stereocenters. The molecule has 0 fully saturated rings. The van der Waals surface area contributed by atoms with E-state index in [-0.39, 0.29) is 5.69 Å². The standard InChI is InChI=1S/C22H12ClF2N3/c23-14-7-5-13(6-8-14)21-17-12-26-19-4-2-1-3-16(19)22(17)28(27-21)20-10-9-15(24)11-18(20)25/h1-12H. The van der Waals surface area contributed by atoms with Crippen LogP contribution >= 0.6 is 11.6 Å². The molecule has 0 N–H and O–H groups in total. The lowest BCUT2D eigenvalue weighted by atomic mass is 10.1. The zero-order valence-electron chi connectivity index (χ0n) is 14.4. The molecule has 5 aromatic rings. The van der Waals surface area contributed by atoms with Gasteiger partial charge < -0.3 is 0 Å². The van der Waals surface area contributed by atoms with Crippen LogP contribution in [0.15, 0.2) is 72.9 Å². The topological polar surface area (TPSA) is 30.7 Å². The highest BCUT2D eigenvalue weighted by molar-refractivity contribution is 6.30. The third kappa shape index (κ3) is 2.63. The summed E-state index contributed by atoms with van der Waals surface area (Å²) in [4.78, 5) is 4.52. The molecule has 0 aliphatic carbocycles. The Hall–Kier alpha value is -3.31. The molecule has 0 radical (unpaired) electrons. The Labute approximate surface area is 163 Å². The Morgan fingerprint density at radius 3 is 2.43 bits per heavy atom. The first kappa shape index (κ1) is 16.8. The zero-order valence-corrected chi connectivity index (χ0v) is 15.2. The van der Waals surface area contributed by atoms with Gasteiger partial charge in [0.2, 0.25) is 0 Å². The molecule has 6 heteroatoms. The Balaban J connectivity index is 1.90. The predicted octanol–water partition coefficient (Wildman–Crippen LogP) is 6.17. The van der Waals surface area contributed by atoms with Gasteiger partial charge in [-0.25, -0.2) is 13.5 Å². The van der Waals surface area contributed by atoms with Gasteiger partial charge in [-0.3, -0.25) is 4.98 Å². The van der Waals surface area contributed by atoms with Crippen LogP contribution in [0.1, 0.15) is 0 Å². The highest BCUT2D eigenvalue weighted by Crippen LogP contribution is 2.34. The van der Waals surface area contributed by atoms with Crippen LogP contribution in [0.5, 0.6) is 0 Å². The van der Waals surface area contributed by atoms with Gasteiger partial charge in [0, 0.05) is 33.6 Å². The van der Waals surface area contributed by atoms with Gasteiger partial charge in [-0.05, 0) is 30.3 Å². The molecule has 0 saturated heterocycles. The molecule has 2 aromatic heterocycles. The molecular formula is C22H12ClF2N3. The van der Waals surface area contributed by atoms with E-state index in [1.54, 1.807) is 18.3 Å². The van der Waals surface area contributed by atoms with Gasteiger partial charge in [-0.1, -0.05) is 41.9 Å². The molecule has 136 valence electrons. The molecule has 5 rings (SSSR count). The lowest BCUT2D eigenvalue weighted by Gasteiger charge is -2.07. The van der Waals surface area contributed by atoms with Crippen molar-refractivity contribution in [2.24, 2.45) is 0 Å². The number of pyridine rings is 1. The van der Waals surface area contributed by atoms with Gasteiger partial charge in [0.15, 0.2) is 5.82 Å². The molecule has 0 aliphatic rings. The summed E-state index contributed by atoms with van der Waals surface area (Å²) in [5.41, 5.74) is 3.12. The number of nitrogens with zero attached hydrogens (tertiary/aromatic N) is 3. The zero-order chi connectivity index (χ0) is 19.3. The van der Waals surface area contributed by atoms with E-state index in [0.717, 1.165) is 27.9 Å². The van der Waals surface area contributed by atoms with Crippen LogP contribution in [-0.2, 0) is 0 Å². The summed E-state index contributed by atoms with van der Waals surface area (Å²) < 4.78 is 29.6. The van der Waals surface area contributed by atoms with Crippen molar-refractivity contribution in [2.75, 3.05) is 0 Å². The number of aromatic nitrogens is 3. The van der Waals surface area contributed by atoms with Crippen LogP contribution in [-0.4, -0.2) is 14.8 Å². The highest BCUT2D eigenvalue weighted by Gasteiger charge is 2.19. The molecule has 0 amide bonds. The second-order valence-corrected chi connectivity index (χ2v) is 6.84. The van der Waals surface area contributed by atoms with E-state index < -0.39 is 11.6 Å². The van der Waals surface area contributed by atoms with Crippen LogP contribution in [0.2, 0.25) is 5.02 Å². The molecule has 28 heavy (non-hydrogen) atoms. The van der Waals surface area contributed by atoms with Crippen LogP contribution in [0.4, 0.5) is 8.78 Å². The van der Waals surface area contributed by atoms with Gasteiger partial charge in [0.05, 0.1) is 11.0 Å². The smallest absolute Gasteiger partial charge is 0.151 e. The minimum absolute atomic E-state index is 0.169. The SMILES string of the molecule is Fc1ccc(-n2nc(-c3ccc(Cl)cc3)c3cnc4ccccc4c32)c(F)c1. The summed E-state index contributed by atoms with van der Waals surface area (Å²) in [6, 6.07) is 18.3. The van der Waals surface area contributed by atoms with Crippen LogP contribution < -0.4 is 0 Å². The summed E-state index contributed by atoms with van der Waals surface area (Å²) in [5.74, 6) is -1.32. The lowest BCUT2D eigenvalue weighted by Crippen LogP contribution is -2.01. The molecule has 0 atom stereocenters. The quantitative estimate of drug-likeness (QED) is 0.360. The summed E-state index contributed by atoms with van der Waals surface area (Å²) in [6.45, 7) is 0. The average molecular weight is 392 g/mol. The van der Waals surface area contributed by atoms with Crippen molar-refractivity contribution >= 4 is 33.4 Å². The fourth-order valence-corrected chi connectivity index (χ4v) is 3.51. The molecule has 3 aromatic carbocycles. The second-order valence-electron chi connectivity index (χ2n) is 6.40. The van der Waals surface area contributed by atoms with E-state index in [9.17, 15) is 8.78 Å². The maximum Gasteiger partial charge on any atom is 0.151 e. The first-order valence-electron chi connectivity index (χ1n) is 8.59. The van der Waals surface area contributed by atoms with E-state index in [0.29, 0.717) is 16.2 Å². The van der Waals surface area contributed by atoms with E-state index in [2.05, 4.69) is 10.1 Å². The van der Waals surface area contributed by atoms with Crippen LogP contribution in [0.25, 0.3) is 38.8 Å². The van der Waals surface area contributed by atoms with E-state index in [1.165, 1.54) is 16.8 Å². The largest absolute Gasteiger partial charge is 0.255 e. The molecule has 3 nitrogen and oxygen atoms in total. The van der Waals surface area contributed by atoms with Crippen LogP contribution in [0.3, 0.4) is 0 Å². The van der Waals surface area contributed by atoms with Gasteiger partial charge in [-0.15, -0.1) is 0 Å². The molecule has 2 heterocycles. The first-order chi connectivity index (χ1) is 13.6. The predicted molar refractivity (Wildman–Crippen MR) is 107 cm³/mol. The second kappa shape index (κ2) is 6.39. The number of rotatable bonds is 2. The molecule has 0 spiro atoms. The minimum atomic E-state index is -0.687. The number of hydrogen-bond acceptors (Lipinski definition) is 2. The molecule has 0 saturated carbocycles. The summed E-state index contributed by atoms with van der Waals surface area (Å²) >= 11 is 6.01.